The van der Waals surface area contributed by atoms with Crippen molar-refractivity contribution in [2.45, 2.75) is 38.6 Å². The number of methoxy groups -OCH3 is 1. The molecule has 172 valence electrons. The molecule has 33 heavy (non-hydrogen) atoms. The molecule has 2 aliphatic rings. The summed E-state index contributed by atoms with van der Waals surface area (Å²) in [5, 5.41) is 4.38. The van der Waals surface area contributed by atoms with Gasteiger partial charge in [0.05, 0.1) is 18.2 Å². The molecule has 1 aliphatic carbocycles. The van der Waals surface area contributed by atoms with Crippen molar-refractivity contribution in [3.63, 3.8) is 0 Å². The number of likely N-dealkylation sites (tertiary alicyclic amines) is 1. The maximum atomic E-state index is 13.1. The standard InChI is InChI=1S/C24H24N2O2.C4H9N/c1-15(2)17-12-21(19-6-5-11-25-22(19)13-17)24(9-10-24)26-23(27)20-14-18(28-4)8-7-16(20)3;1-5-3-2-4-5/h5-8,11-14H,1,9-10H2,2-4H3,(H,26,27);2-4H2,1H3. The minimum atomic E-state index is -0.362. The predicted octanol–water partition coefficient (Wildman–Crippen LogP) is 5.33. The van der Waals surface area contributed by atoms with Gasteiger partial charge in [-0.05, 0) is 100 Å². The van der Waals surface area contributed by atoms with Crippen LogP contribution in [0.2, 0.25) is 0 Å². The Bertz CT molecular complexity index is 1190. The van der Waals surface area contributed by atoms with Crippen molar-refractivity contribution in [2.24, 2.45) is 0 Å². The smallest absolute Gasteiger partial charge is 0.252 e. The highest BCUT2D eigenvalue weighted by Crippen LogP contribution is 2.48. The average Bonchev–Trinajstić information content (AvgIpc) is 3.57. The molecule has 5 nitrogen and oxygen atoms in total. The van der Waals surface area contributed by atoms with Gasteiger partial charge >= 0.3 is 0 Å². The molecule has 3 aromatic rings. The predicted molar refractivity (Wildman–Crippen MR) is 135 cm³/mol. The number of aryl methyl sites for hydroxylation is 1. The van der Waals surface area contributed by atoms with Gasteiger partial charge in [-0.1, -0.05) is 24.3 Å². The Balaban J connectivity index is 0.000000459. The number of carbonyl (C=O) groups excluding carboxylic acids is 1. The molecular weight excluding hydrogens is 410 g/mol. The van der Waals surface area contributed by atoms with E-state index in [-0.39, 0.29) is 11.4 Å². The summed E-state index contributed by atoms with van der Waals surface area (Å²) in [6.07, 6.45) is 5.03. The van der Waals surface area contributed by atoms with Crippen LogP contribution in [0.3, 0.4) is 0 Å². The van der Waals surface area contributed by atoms with E-state index in [4.69, 9.17) is 4.74 Å². The van der Waals surface area contributed by atoms with Gasteiger partial charge in [0.1, 0.15) is 5.75 Å². The number of nitrogens with one attached hydrogen (secondary N) is 1. The maximum Gasteiger partial charge on any atom is 0.252 e. The van der Waals surface area contributed by atoms with Crippen LogP contribution in [0.15, 0.2) is 55.2 Å². The first-order chi connectivity index (χ1) is 15.8. The molecule has 1 saturated heterocycles. The van der Waals surface area contributed by atoms with Gasteiger partial charge in [-0.2, -0.15) is 0 Å². The number of nitrogens with zero attached hydrogens (tertiary/aromatic N) is 2. The number of hydrogen-bond donors (Lipinski definition) is 1. The third-order valence-corrected chi connectivity index (χ3v) is 6.60. The Labute approximate surface area is 196 Å². The first-order valence-electron chi connectivity index (χ1n) is 11.5. The summed E-state index contributed by atoms with van der Waals surface area (Å²) in [7, 11) is 3.75. The van der Waals surface area contributed by atoms with Crippen molar-refractivity contribution in [3.05, 3.63) is 77.5 Å². The van der Waals surface area contributed by atoms with Gasteiger partial charge in [-0.25, -0.2) is 0 Å². The van der Waals surface area contributed by atoms with Crippen LogP contribution in [0, 0.1) is 6.92 Å². The van der Waals surface area contributed by atoms with E-state index in [2.05, 4.69) is 47.0 Å². The van der Waals surface area contributed by atoms with Crippen LogP contribution >= 0.6 is 0 Å². The molecule has 1 N–H and O–H groups in total. The van der Waals surface area contributed by atoms with Crippen molar-refractivity contribution >= 4 is 22.4 Å². The molecule has 0 atom stereocenters. The Kier molecular flexibility index (Phi) is 6.52. The van der Waals surface area contributed by atoms with Crippen LogP contribution in [0.25, 0.3) is 16.5 Å². The fourth-order valence-electron chi connectivity index (χ4n) is 4.14. The number of benzene rings is 2. The van der Waals surface area contributed by atoms with Gasteiger partial charge in [0.2, 0.25) is 0 Å². The summed E-state index contributed by atoms with van der Waals surface area (Å²) in [6.45, 7) is 10.7. The number of carbonyl (C=O) groups is 1. The second-order valence-corrected chi connectivity index (χ2v) is 9.25. The molecule has 5 rings (SSSR count). The van der Waals surface area contributed by atoms with E-state index in [1.807, 2.05) is 32.0 Å². The lowest BCUT2D eigenvalue weighted by atomic mass is 9.94. The Morgan fingerprint density at radius 1 is 1.18 bits per heavy atom. The van der Waals surface area contributed by atoms with Crippen molar-refractivity contribution in [2.75, 3.05) is 27.2 Å². The molecule has 1 saturated carbocycles. The van der Waals surface area contributed by atoms with Gasteiger partial charge in [-0.3, -0.25) is 9.78 Å². The van der Waals surface area contributed by atoms with Gasteiger partial charge in [0.25, 0.3) is 5.91 Å². The fourth-order valence-corrected chi connectivity index (χ4v) is 4.14. The van der Waals surface area contributed by atoms with E-state index in [0.29, 0.717) is 11.3 Å². The normalized spacial score (nSPS) is 16.2. The van der Waals surface area contributed by atoms with E-state index >= 15 is 0 Å². The first kappa shape index (κ1) is 23.0. The van der Waals surface area contributed by atoms with Crippen LogP contribution in [0.5, 0.6) is 5.75 Å². The number of fused-ring (bicyclic) bond motifs is 1. The molecule has 1 aliphatic heterocycles. The maximum absolute atomic E-state index is 13.1. The van der Waals surface area contributed by atoms with Crippen LogP contribution < -0.4 is 10.1 Å². The van der Waals surface area contributed by atoms with Crippen molar-refractivity contribution in [3.8, 4) is 5.75 Å². The van der Waals surface area contributed by atoms with Gasteiger partial charge in [-0.15, -0.1) is 0 Å². The summed E-state index contributed by atoms with van der Waals surface area (Å²) < 4.78 is 5.29. The highest BCUT2D eigenvalue weighted by atomic mass is 16.5. The first-order valence-corrected chi connectivity index (χ1v) is 11.5. The number of rotatable bonds is 5. The van der Waals surface area contributed by atoms with E-state index in [1.165, 1.54) is 19.5 Å². The van der Waals surface area contributed by atoms with E-state index in [1.54, 1.807) is 19.4 Å². The lowest BCUT2D eigenvalue weighted by Crippen LogP contribution is -2.35. The van der Waals surface area contributed by atoms with E-state index in [0.717, 1.165) is 46.0 Å². The quantitative estimate of drug-likeness (QED) is 0.579. The molecule has 2 fully saturated rings. The van der Waals surface area contributed by atoms with Crippen LogP contribution in [-0.2, 0) is 5.54 Å². The molecule has 0 bridgehead atoms. The lowest BCUT2D eigenvalue weighted by Gasteiger charge is -2.24. The SMILES string of the molecule is C=C(C)c1cc(C2(NC(=O)c3cc(OC)ccc3C)CC2)c2cccnc2c1.CN1CCC1. The summed E-state index contributed by atoms with van der Waals surface area (Å²) in [6, 6.07) is 13.8. The average molecular weight is 444 g/mol. The number of aromatic nitrogens is 1. The zero-order valence-corrected chi connectivity index (χ0v) is 20.1. The third kappa shape index (κ3) is 4.93. The zero-order valence-electron chi connectivity index (χ0n) is 20.1. The minimum Gasteiger partial charge on any atom is -0.497 e. The summed E-state index contributed by atoms with van der Waals surface area (Å²) in [5.41, 5.74) is 5.29. The lowest BCUT2D eigenvalue weighted by molar-refractivity contribution is 0.0930. The minimum absolute atomic E-state index is 0.0772. The number of amides is 1. The molecular formula is C28H33N3O2. The van der Waals surface area contributed by atoms with Gasteiger partial charge in [0, 0.05) is 17.1 Å². The molecule has 1 aromatic heterocycles. The van der Waals surface area contributed by atoms with Crippen LogP contribution in [0.4, 0.5) is 0 Å². The summed E-state index contributed by atoms with van der Waals surface area (Å²) in [5.74, 6) is 0.603. The number of ether oxygens (including phenoxy) is 1. The third-order valence-electron chi connectivity index (χ3n) is 6.60. The molecule has 2 heterocycles. The molecule has 2 aromatic carbocycles. The topological polar surface area (TPSA) is 54.5 Å². The zero-order chi connectivity index (χ0) is 23.6. The highest BCUT2D eigenvalue weighted by Gasteiger charge is 2.47. The molecule has 0 radical (unpaired) electrons. The van der Waals surface area contributed by atoms with Crippen molar-refractivity contribution in [1.82, 2.24) is 15.2 Å². The summed E-state index contributed by atoms with van der Waals surface area (Å²) >= 11 is 0. The van der Waals surface area contributed by atoms with Gasteiger partial charge < -0.3 is 15.0 Å². The highest BCUT2D eigenvalue weighted by molar-refractivity contribution is 5.97. The van der Waals surface area contributed by atoms with Crippen molar-refractivity contribution in [1.29, 1.82) is 0 Å². The van der Waals surface area contributed by atoms with Crippen molar-refractivity contribution < 1.29 is 9.53 Å². The molecule has 0 spiro atoms. The molecule has 5 heteroatoms. The Hall–Kier alpha value is -3.18. The number of allylic oxidation sites excluding steroid dienone is 1. The Morgan fingerprint density at radius 2 is 1.91 bits per heavy atom. The summed E-state index contributed by atoms with van der Waals surface area (Å²) in [4.78, 5) is 20.0. The number of pyridine rings is 1. The van der Waals surface area contributed by atoms with E-state index < -0.39 is 0 Å². The molecule has 1 amide bonds. The Morgan fingerprint density at radius 3 is 2.48 bits per heavy atom. The number of hydrogen-bond acceptors (Lipinski definition) is 4. The molecule has 0 unspecified atom stereocenters. The second-order valence-electron chi connectivity index (χ2n) is 9.25. The monoisotopic (exact) mass is 443 g/mol. The largest absolute Gasteiger partial charge is 0.497 e. The second kappa shape index (κ2) is 9.36. The fraction of sp³-hybridized carbons (Fsp3) is 0.357. The van der Waals surface area contributed by atoms with Crippen LogP contribution in [0.1, 0.15) is 53.2 Å². The van der Waals surface area contributed by atoms with E-state index in [9.17, 15) is 4.79 Å². The van der Waals surface area contributed by atoms with Gasteiger partial charge in [0.15, 0.2) is 0 Å². The van der Waals surface area contributed by atoms with Crippen LogP contribution in [-0.4, -0.2) is 43.0 Å².